The second-order valence-electron chi connectivity index (χ2n) is 14.8. The first-order valence-corrected chi connectivity index (χ1v) is 25.7. The fourth-order valence-electron chi connectivity index (χ4n) is 5.27. The van der Waals surface area contributed by atoms with Crippen LogP contribution in [0.4, 0.5) is 0 Å². The first kappa shape index (κ1) is 60.7. The number of carbonyl (C=O) groups is 2. The lowest BCUT2D eigenvalue weighted by Gasteiger charge is -2.20. The summed E-state index contributed by atoms with van der Waals surface area (Å²) >= 11 is 0. The van der Waals surface area contributed by atoms with E-state index in [2.05, 4.69) is 95.8 Å². The fourth-order valence-corrected chi connectivity index (χ4v) is 6.42. The van der Waals surface area contributed by atoms with E-state index in [1.54, 1.807) is 18.2 Å². The first-order chi connectivity index (χ1) is 30.8. The Kier molecular flexibility index (Phi) is 40.2. The van der Waals surface area contributed by atoms with Gasteiger partial charge in [0.25, 0.3) is 0 Å². The topological polar surface area (TPSA) is 216 Å². The Labute approximate surface area is 383 Å². The van der Waals surface area contributed by atoms with Crippen molar-refractivity contribution in [2.24, 2.45) is 0 Å². The van der Waals surface area contributed by atoms with Gasteiger partial charge in [-0.25, -0.2) is 9.13 Å². The van der Waals surface area contributed by atoms with Crippen molar-refractivity contribution in [1.29, 1.82) is 0 Å². The van der Waals surface area contributed by atoms with Crippen LogP contribution in [0.5, 0.6) is 0 Å². The summed E-state index contributed by atoms with van der Waals surface area (Å²) in [6.07, 6.45) is 48.2. The van der Waals surface area contributed by atoms with Crippen molar-refractivity contribution >= 4 is 27.6 Å². The van der Waals surface area contributed by atoms with E-state index in [0.29, 0.717) is 25.7 Å². The van der Waals surface area contributed by atoms with Gasteiger partial charge in [0.1, 0.15) is 12.7 Å². The third kappa shape index (κ3) is 45.3. The van der Waals surface area contributed by atoms with Crippen LogP contribution in [0.25, 0.3) is 0 Å². The number of rotatable bonds is 41. The molecule has 0 fully saturated rings. The van der Waals surface area contributed by atoms with E-state index in [1.165, 1.54) is 19.3 Å². The average molecular weight is 941 g/mol. The summed E-state index contributed by atoms with van der Waals surface area (Å²) < 4.78 is 47.7. The smallest absolute Gasteiger partial charge is 0.462 e. The molecule has 0 aliphatic rings. The van der Waals surface area contributed by atoms with Gasteiger partial charge in [0.05, 0.1) is 25.9 Å². The van der Waals surface area contributed by atoms with E-state index in [4.69, 9.17) is 23.8 Å². The predicted molar refractivity (Wildman–Crippen MR) is 254 cm³/mol. The van der Waals surface area contributed by atoms with Crippen molar-refractivity contribution < 1.29 is 66.7 Å². The maximum Gasteiger partial charge on any atom is 0.472 e. The van der Waals surface area contributed by atoms with Crippen LogP contribution in [0, 0.1) is 0 Å². The van der Waals surface area contributed by atoms with Crippen molar-refractivity contribution in [3.05, 3.63) is 109 Å². The quantitative estimate of drug-likeness (QED) is 0.0127. The average Bonchev–Trinajstić information content (AvgIpc) is 3.25. The summed E-state index contributed by atoms with van der Waals surface area (Å²) in [5.74, 6) is -1.21. The third-order valence-corrected chi connectivity index (χ3v) is 10.2. The van der Waals surface area contributed by atoms with Crippen LogP contribution >= 0.6 is 15.6 Å². The Morgan fingerprint density at radius 3 is 1.64 bits per heavy atom. The number of carbonyl (C=O) groups excluding carboxylic acids is 2. The molecule has 0 aromatic heterocycles. The number of phosphoric acid groups is 2. The first-order valence-electron chi connectivity index (χ1n) is 22.7. The lowest BCUT2D eigenvalue weighted by molar-refractivity contribution is -0.161. The highest BCUT2D eigenvalue weighted by Crippen LogP contribution is 2.43. The number of esters is 2. The zero-order chi connectivity index (χ0) is 47.4. The van der Waals surface area contributed by atoms with Crippen LogP contribution in [0.2, 0.25) is 0 Å². The van der Waals surface area contributed by atoms with Gasteiger partial charge in [-0.05, 0) is 89.9 Å². The highest BCUT2D eigenvalue weighted by atomic mass is 31.2. The maximum absolute atomic E-state index is 12.7. The second-order valence-corrected chi connectivity index (χ2v) is 17.5. The molecular weight excluding hydrogens is 862 g/mol. The normalized spacial score (nSPS) is 15.4. The number of aliphatic hydroxyl groups excluding tert-OH is 2. The monoisotopic (exact) mass is 940 g/mol. The number of unbranched alkanes of at least 4 members (excludes halogenated alkanes) is 7. The summed E-state index contributed by atoms with van der Waals surface area (Å²) in [6, 6.07) is 0. The molecule has 4 atom stereocenters. The Bertz CT molecular complexity index is 1560. The number of aliphatic hydroxyl groups is 2. The lowest BCUT2D eigenvalue weighted by atomic mass is 10.1. The molecule has 16 heteroatoms. The number of phosphoric ester groups is 2. The molecule has 5 N–H and O–H groups in total. The molecule has 0 aliphatic heterocycles. The minimum Gasteiger partial charge on any atom is -0.462 e. The van der Waals surface area contributed by atoms with Gasteiger partial charge in [0.2, 0.25) is 0 Å². The zero-order valence-electron chi connectivity index (χ0n) is 38.2. The van der Waals surface area contributed by atoms with Crippen LogP contribution in [-0.2, 0) is 41.8 Å². The van der Waals surface area contributed by atoms with Gasteiger partial charge in [0, 0.05) is 12.8 Å². The molecule has 64 heavy (non-hydrogen) atoms. The minimum atomic E-state index is -4.89. The van der Waals surface area contributed by atoms with Gasteiger partial charge < -0.3 is 34.4 Å². The molecule has 0 saturated heterocycles. The zero-order valence-corrected chi connectivity index (χ0v) is 40.0. The number of hydrogen-bond acceptors (Lipinski definition) is 11. The number of hydrogen-bond donors (Lipinski definition) is 5. The molecule has 0 aromatic carbocycles. The molecule has 364 valence electrons. The van der Waals surface area contributed by atoms with Gasteiger partial charge in [-0.15, -0.1) is 0 Å². The van der Waals surface area contributed by atoms with Crippen molar-refractivity contribution in [2.45, 2.75) is 154 Å². The van der Waals surface area contributed by atoms with Crippen LogP contribution in [0.1, 0.15) is 136 Å². The fraction of sp³-hybridized carbons (Fsp3) is 0.583. The summed E-state index contributed by atoms with van der Waals surface area (Å²) in [7, 11) is -9.75. The molecule has 0 heterocycles. The highest BCUT2D eigenvalue weighted by molar-refractivity contribution is 7.47. The molecule has 0 bridgehead atoms. The SMILES string of the molecule is CC/C=C\C/C=C\C/C=C\C/C=C\C/C=C\CCCCCC(=O)O[C@H](COC(=O)CCC/C=C/C=C\C(O)C/C=C\C/C=C\CCCCC)COP(=O)(O)OC[C@@H](O)COP(=O)(O)O. The van der Waals surface area contributed by atoms with Crippen LogP contribution in [-0.4, -0.2) is 81.6 Å². The van der Waals surface area contributed by atoms with Crippen molar-refractivity contribution in [3.63, 3.8) is 0 Å². The van der Waals surface area contributed by atoms with E-state index in [0.717, 1.165) is 64.2 Å². The summed E-state index contributed by atoms with van der Waals surface area (Å²) in [6.45, 7) is 1.40. The van der Waals surface area contributed by atoms with Gasteiger partial charge in [-0.2, -0.15) is 0 Å². The van der Waals surface area contributed by atoms with Gasteiger partial charge >= 0.3 is 27.6 Å². The van der Waals surface area contributed by atoms with Gasteiger partial charge in [-0.1, -0.05) is 142 Å². The predicted octanol–water partition coefficient (Wildman–Crippen LogP) is 10.9. The Morgan fingerprint density at radius 2 is 1.05 bits per heavy atom. The summed E-state index contributed by atoms with van der Waals surface area (Å²) in [4.78, 5) is 52.7. The lowest BCUT2D eigenvalue weighted by Crippen LogP contribution is -2.30. The van der Waals surface area contributed by atoms with Crippen molar-refractivity contribution in [2.75, 3.05) is 26.4 Å². The molecule has 2 unspecified atom stereocenters. The number of allylic oxidation sites excluding steroid dienone is 16. The Morgan fingerprint density at radius 1 is 0.531 bits per heavy atom. The van der Waals surface area contributed by atoms with E-state index < -0.39 is 72.3 Å². The molecular formula is C48H78O14P2. The van der Waals surface area contributed by atoms with Gasteiger partial charge in [-0.3, -0.25) is 23.2 Å². The third-order valence-electron chi connectivity index (χ3n) is 8.72. The Hall–Kier alpha value is -3.26. The van der Waals surface area contributed by atoms with Crippen molar-refractivity contribution in [1.82, 2.24) is 0 Å². The van der Waals surface area contributed by atoms with Crippen molar-refractivity contribution in [3.8, 4) is 0 Å². The molecule has 14 nitrogen and oxygen atoms in total. The maximum atomic E-state index is 12.7. The van der Waals surface area contributed by atoms with Gasteiger partial charge in [0.15, 0.2) is 6.10 Å². The van der Waals surface area contributed by atoms with E-state index in [-0.39, 0.29) is 12.8 Å². The minimum absolute atomic E-state index is 0.0457. The molecule has 0 spiro atoms. The molecule has 0 radical (unpaired) electrons. The molecule has 0 rings (SSSR count). The molecule has 0 amide bonds. The van der Waals surface area contributed by atoms with Crippen LogP contribution in [0.15, 0.2) is 109 Å². The van der Waals surface area contributed by atoms with E-state index in [1.807, 2.05) is 18.2 Å². The molecule has 0 aliphatic carbocycles. The Balaban J connectivity index is 4.75. The summed E-state index contributed by atoms with van der Waals surface area (Å²) in [5, 5.41) is 19.9. The van der Waals surface area contributed by atoms with E-state index in [9.17, 15) is 33.8 Å². The largest absolute Gasteiger partial charge is 0.472 e. The molecule has 0 aromatic rings. The summed E-state index contributed by atoms with van der Waals surface area (Å²) in [5.41, 5.74) is 0. The highest BCUT2D eigenvalue weighted by Gasteiger charge is 2.28. The van der Waals surface area contributed by atoms with Crippen LogP contribution < -0.4 is 0 Å². The van der Waals surface area contributed by atoms with Crippen LogP contribution in [0.3, 0.4) is 0 Å². The second kappa shape index (κ2) is 42.4. The number of ether oxygens (including phenoxy) is 2. The van der Waals surface area contributed by atoms with E-state index >= 15 is 0 Å². The standard InChI is InChI=1S/C48H78O14P2/c1-3-5-7-9-11-13-14-15-16-17-18-19-20-21-22-24-26-30-35-39-48(52)62-46(43-61-64(56,57)60-41-45(50)40-59-63(53,54)55)42-58-47(51)38-34-31-27-29-33-37-44(49)36-32-28-25-23-12-10-8-6-4-2/h5,7,11-13,15-16,18-19,21-23,27-29,32-33,37,44-46,49-50H,3-4,6,8-10,14,17,20,24-26,30-31,34-36,38-43H2,1-2H3,(H,56,57)(H2,53,54,55)/b7-5-,13-11-,16-15-,19-18-,22-21-,23-12-,29-27+,32-28-,37-33-/t44?,45-,46+/m0/s1. The molecule has 0 saturated carbocycles.